The molecule has 0 aromatic carbocycles. The minimum absolute atomic E-state index is 0.134. The minimum Gasteiger partial charge on any atom is -0.395 e. The van der Waals surface area contributed by atoms with Crippen LogP contribution in [-0.2, 0) is 0 Å². The van der Waals surface area contributed by atoms with Crippen molar-refractivity contribution in [1.82, 2.24) is 0 Å². The maximum Gasteiger partial charge on any atom is 0.0563 e. The number of hydrogen-bond acceptors (Lipinski definition) is 4. The van der Waals surface area contributed by atoms with Crippen molar-refractivity contribution < 1.29 is 10.2 Å². The first-order chi connectivity index (χ1) is 5.88. The van der Waals surface area contributed by atoms with Gasteiger partial charge in [0.25, 0.3) is 0 Å². The fourth-order valence-electron chi connectivity index (χ4n) is 0.861. The molecule has 0 saturated carbocycles. The molecule has 0 spiro atoms. The second-order valence-corrected chi connectivity index (χ2v) is 6.30. The van der Waals surface area contributed by atoms with Gasteiger partial charge in [-0.3, -0.25) is 0 Å². The summed E-state index contributed by atoms with van der Waals surface area (Å²) in [6, 6.07) is 0. The molecule has 0 fully saturated rings. The molecule has 2 atom stereocenters. The molecule has 0 bridgehead atoms. The lowest BCUT2D eigenvalue weighted by Crippen LogP contribution is -2.31. The maximum atomic E-state index is 9.09. The standard InChI is InChI=1S/C9H20O2S2/c1-7(11)4-5-13-8(6-10)9(2,3)12/h7-8,10-12H,4-6H2,1-3H3. The summed E-state index contributed by atoms with van der Waals surface area (Å²) in [4.78, 5) is 0. The molecular formula is C9H20O2S2. The molecule has 4 heteroatoms. The average molecular weight is 224 g/mol. The summed E-state index contributed by atoms with van der Waals surface area (Å²) in [5.41, 5.74) is 0. The molecule has 2 nitrogen and oxygen atoms in total. The quantitative estimate of drug-likeness (QED) is 0.600. The molecule has 0 rings (SSSR count). The van der Waals surface area contributed by atoms with Crippen molar-refractivity contribution in [1.29, 1.82) is 0 Å². The lowest BCUT2D eigenvalue weighted by atomic mass is 10.1. The molecule has 13 heavy (non-hydrogen) atoms. The van der Waals surface area contributed by atoms with Gasteiger partial charge in [-0.25, -0.2) is 0 Å². The topological polar surface area (TPSA) is 40.5 Å². The van der Waals surface area contributed by atoms with E-state index in [1.807, 2.05) is 13.8 Å². The normalized spacial score (nSPS) is 17.1. The fraction of sp³-hybridized carbons (Fsp3) is 1.00. The van der Waals surface area contributed by atoms with Gasteiger partial charge in [0.1, 0.15) is 0 Å². The summed E-state index contributed by atoms with van der Waals surface area (Å²) in [7, 11) is 0. The SMILES string of the molecule is CC(O)CCSC(CO)C(C)(C)S. The zero-order valence-corrected chi connectivity index (χ0v) is 10.2. The van der Waals surface area contributed by atoms with Crippen LogP contribution in [0.25, 0.3) is 0 Å². The number of aliphatic hydroxyl groups is 2. The van der Waals surface area contributed by atoms with Gasteiger partial charge in [-0.05, 0) is 32.9 Å². The van der Waals surface area contributed by atoms with Gasteiger partial charge in [-0.2, -0.15) is 24.4 Å². The molecule has 2 unspecified atom stereocenters. The molecule has 0 aliphatic heterocycles. The minimum atomic E-state index is -0.255. The molecule has 0 aromatic heterocycles. The van der Waals surface area contributed by atoms with E-state index in [2.05, 4.69) is 12.6 Å². The molecule has 0 aromatic rings. The number of thiol groups is 1. The molecular weight excluding hydrogens is 204 g/mol. The van der Waals surface area contributed by atoms with E-state index in [9.17, 15) is 0 Å². The molecule has 0 heterocycles. The van der Waals surface area contributed by atoms with Gasteiger partial charge < -0.3 is 10.2 Å². The van der Waals surface area contributed by atoms with Gasteiger partial charge in [-0.1, -0.05) is 0 Å². The van der Waals surface area contributed by atoms with E-state index in [0.29, 0.717) is 0 Å². The van der Waals surface area contributed by atoms with Crippen LogP contribution < -0.4 is 0 Å². The van der Waals surface area contributed by atoms with E-state index in [1.165, 1.54) is 0 Å². The summed E-state index contributed by atoms with van der Waals surface area (Å²) < 4.78 is -0.169. The summed E-state index contributed by atoms with van der Waals surface area (Å²) in [6.07, 6.45) is 0.514. The Labute approximate surface area is 90.5 Å². The molecule has 80 valence electrons. The zero-order chi connectivity index (χ0) is 10.5. The largest absolute Gasteiger partial charge is 0.395 e. The van der Waals surface area contributed by atoms with Crippen molar-refractivity contribution in [3.63, 3.8) is 0 Å². The van der Waals surface area contributed by atoms with Crippen molar-refractivity contribution in [3.05, 3.63) is 0 Å². The summed E-state index contributed by atoms with van der Waals surface area (Å²) in [5, 5.41) is 18.3. The highest BCUT2D eigenvalue weighted by atomic mass is 32.2. The number of thioether (sulfide) groups is 1. The number of rotatable bonds is 6. The predicted molar refractivity (Wildman–Crippen MR) is 62.7 cm³/mol. The van der Waals surface area contributed by atoms with Gasteiger partial charge >= 0.3 is 0 Å². The Hall–Kier alpha value is 0.620. The van der Waals surface area contributed by atoms with Gasteiger partial charge in [0.05, 0.1) is 12.7 Å². The Kier molecular flexibility index (Phi) is 6.46. The van der Waals surface area contributed by atoms with Crippen molar-refractivity contribution in [2.75, 3.05) is 12.4 Å². The highest BCUT2D eigenvalue weighted by Gasteiger charge is 2.24. The molecule has 2 N–H and O–H groups in total. The van der Waals surface area contributed by atoms with Crippen LogP contribution in [-0.4, -0.2) is 38.7 Å². The average Bonchev–Trinajstić information content (AvgIpc) is 1.95. The Morgan fingerprint density at radius 1 is 1.46 bits per heavy atom. The molecule has 0 amide bonds. The monoisotopic (exact) mass is 224 g/mol. The first kappa shape index (κ1) is 13.6. The number of hydrogen-bond donors (Lipinski definition) is 3. The van der Waals surface area contributed by atoms with Crippen LogP contribution in [0.1, 0.15) is 27.2 Å². The third-order valence-corrected chi connectivity index (χ3v) is 3.91. The molecule has 0 saturated heterocycles. The number of aliphatic hydroxyl groups excluding tert-OH is 2. The van der Waals surface area contributed by atoms with E-state index < -0.39 is 0 Å². The Morgan fingerprint density at radius 3 is 2.31 bits per heavy atom. The van der Waals surface area contributed by atoms with Crippen molar-refractivity contribution in [3.8, 4) is 0 Å². The van der Waals surface area contributed by atoms with Gasteiger partial charge in [0.2, 0.25) is 0 Å². The molecule has 0 aliphatic rings. The van der Waals surface area contributed by atoms with Crippen LogP contribution in [0.2, 0.25) is 0 Å². The van der Waals surface area contributed by atoms with E-state index in [4.69, 9.17) is 10.2 Å². The van der Waals surface area contributed by atoms with Crippen LogP contribution in [0.4, 0.5) is 0 Å². The fourth-order valence-corrected chi connectivity index (χ4v) is 2.44. The first-order valence-corrected chi connectivity index (χ1v) is 6.00. The van der Waals surface area contributed by atoms with Crippen molar-refractivity contribution >= 4 is 24.4 Å². The lowest BCUT2D eigenvalue weighted by Gasteiger charge is -2.27. The van der Waals surface area contributed by atoms with E-state index >= 15 is 0 Å². The van der Waals surface area contributed by atoms with Crippen LogP contribution in [0.15, 0.2) is 0 Å². The Morgan fingerprint density at radius 2 is 2.00 bits per heavy atom. The van der Waals surface area contributed by atoms with Crippen molar-refractivity contribution in [2.45, 2.75) is 43.3 Å². The molecule has 0 aliphatic carbocycles. The zero-order valence-electron chi connectivity index (χ0n) is 8.53. The van der Waals surface area contributed by atoms with Gasteiger partial charge in [0, 0.05) is 10.00 Å². The van der Waals surface area contributed by atoms with E-state index in [-0.39, 0.29) is 22.7 Å². The van der Waals surface area contributed by atoms with E-state index in [1.54, 1.807) is 18.7 Å². The summed E-state index contributed by atoms with van der Waals surface area (Å²) in [5.74, 6) is 0.868. The second-order valence-electron chi connectivity index (χ2n) is 3.83. The Bertz CT molecular complexity index is 132. The van der Waals surface area contributed by atoms with Crippen LogP contribution in [0, 0.1) is 0 Å². The lowest BCUT2D eigenvalue weighted by molar-refractivity contribution is 0.192. The maximum absolute atomic E-state index is 9.09. The van der Waals surface area contributed by atoms with Crippen LogP contribution >= 0.6 is 24.4 Å². The Balaban J connectivity index is 3.73. The van der Waals surface area contributed by atoms with Gasteiger partial charge in [-0.15, -0.1) is 0 Å². The summed E-state index contributed by atoms with van der Waals surface area (Å²) >= 11 is 6.08. The molecule has 0 radical (unpaired) electrons. The highest BCUT2D eigenvalue weighted by Crippen LogP contribution is 2.28. The van der Waals surface area contributed by atoms with Crippen LogP contribution in [0.3, 0.4) is 0 Å². The summed E-state index contributed by atoms with van der Waals surface area (Å²) in [6.45, 7) is 5.90. The third kappa shape index (κ3) is 6.66. The van der Waals surface area contributed by atoms with Crippen LogP contribution in [0.5, 0.6) is 0 Å². The predicted octanol–water partition coefficient (Wildman–Crippen LogP) is 1.56. The third-order valence-electron chi connectivity index (χ3n) is 1.81. The van der Waals surface area contributed by atoms with Crippen molar-refractivity contribution in [2.24, 2.45) is 0 Å². The smallest absolute Gasteiger partial charge is 0.0563 e. The van der Waals surface area contributed by atoms with Gasteiger partial charge in [0.15, 0.2) is 0 Å². The first-order valence-electron chi connectivity index (χ1n) is 4.50. The highest BCUT2D eigenvalue weighted by molar-refractivity contribution is 8.00. The van der Waals surface area contributed by atoms with E-state index in [0.717, 1.165) is 12.2 Å². The second kappa shape index (κ2) is 6.17.